The molecular formula is C9H9BrOS. The van der Waals surface area contributed by atoms with Gasteiger partial charge in [-0.25, -0.2) is 0 Å². The Morgan fingerprint density at radius 3 is 2.83 bits per heavy atom. The average Bonchev–Trinajstić information content (AvgIpc) is 2.47. The van der Waals surface area contributed by atoms with Crippen LogP contribution in [0.1, 0.15) is 18.2 Å². The molecule has 0 amide bonds. The summed E-state index contributed by atoms with van der Waals surface area (Å²) in [6.45, 7) is 1.98. The molecule has 1 nitrogen and oxygen atoms in total. The Morgan fingerprint density at radius 1 is 1.67 bits per heavy atom. The highest BCUT2D eigenvalue weighted by molar-refractivity contribution is 9.11. The molecule has 0 N–H and O–H groups in total. The van der Waals surface area contributed by atoms with Gasteiger partial charge >= 0.3 is 0 Å². The Kier molecular flexibility index (Phi) is 3.69. The summed E-state index contributed by atoms with van der Waals surface area (Å²) in [6, 6.07) is 3.97. The van der Waals surface area contributed by atoms with Crippen LogP contribution in [0.5, 0.6) is 0 Å². The summed E-state index contributed by atoms with van der Waals surface area (Å²) in [4.78, 5) is 11.6. The van der Waals surface area contributed by atoms with Crippen molar-refractivity contribution in [2.45, 2.75) is 13.3 Å². The largest absolute Gasteiger partial charge is 0.298 e. The maximum absolute atomic E-state index is 10.5. The molecule has 0 unspecified atom stereocenters. The van der Waals surface area contributed by atoms with Gasteiger partial charge in [0.15, 0.2) is 0 Å². The Morgan fingerprint density at radius 2 is 2.42 bits per heavy atom. The van der Waals surface area contributed by atoms with Crippen LogP contribution in [0.25, 0.3) is 6.08 Å². The van der Waals surface area contributed by atoms with E-state index in [1.165, 1.54) is 0 Å². The predicted octanol–water partition coefficient (Wildman–Crippen LogP) is 3.50. The van der Waals surface area contributed by atoms with E-state index >= 15 is 0 Å². The lowest BCUT2D eigenvalue weighted by atomic mass is 10.2. The lowest BCUT2D eigenvalue weighted by Crippen LogP contribution is -1.79. The molecule has 0 fully saturated rings. The standard InChI is InChI=1S/C9H9BrOS/c1-2-7(6-11)5-8-3-4-9(10)12-8/h3-6H,2H2,1H3. The van der Waals surface area contributed by atoms with Gasteiger partial charge in [0.05, 0.1) is 3.79 Å². The molecule has 0 saturated heterocycles. The van der Waals surface area contributed by atoms with Crippen LogP contribution in [0, 0.1) is 0 Å². The van der Waals surface area contributed by atoms with Crippen molar-refractivity contribution in [1.29, 1.82) is 0 Å². The van der Waals surface area contributed by atoms with Crippen molar-refractivity contribution in [3.8, 4) is 0 Å². The van der Waals surface area contributed by atoms with Crippen LogP contribution >= 0.6 is 27.3 Å². The number of rotatable bonds is 3. The Hall–Kier alpha value is -0.410. The highest BCUT2D eigenvalue weighted by atomic mass is 79.9. The minimum absolute atomic E-state index is 0.791. The molecule has 3 heteroatoms. The molecule has 0 saturated carbocycles. The highest BCUT2D eigenvalue weighted by Crippen LogP contribution is 2.24. The minimum atomic E-state index is 0.791. The summed E-state index contributed by atoms with van der Waals surface area (Å²) in [5.74, 6) is 0. The molecule has 0 atom stereocenters. The van der Waals surface area contributed by atoms with Gasteiger partial charge in [0, 0.05) is 4.88 Å². The van der Waals surface area contributed by atoms with E-state index in [2.05, 4.69) is 15.9 Å². The number of aldehydes is 1. The van der Waals surface area contributed by atoms with Crippen molar-refractivity contribution in [3.63, 3.8) is 0 Å². The summed E-state index contributed by atoms with van der Waals surface area (Å²) in [7, 11) is 0. The zero-order valence-corrected chi connectivity index (χ0v) is 9.11. The van der Waals surface area contributed by atoms with E-state index in [1.54, 1.807) is 11.3 Å². The lowest BCUT2D eigenvalue weighted by molar-refractivity contribution is -0.104. The van der Waals surface area contributed by atoms with Gasteiger partial charge in [-0.05, 0) is 46.1 Å². The Balaban J connectivity index is 2.85. The molecule has 0 bridgehead atoms. The third-order valence-electron chi connectivity index (χ3n) is 1.48. The van der Waals surface area contributed by atoms with Gasteiger partial charge in [-0.1, -0.05) is 6.92 Å². The van der Waals surface area contributed by atoms with Gasteiger partial charge in [-0.3, -0.25) is 4.79 Å². The second-order valence-corrected chi connectivity index (χ2v) is 4.83. The summed E-state index contributed by atoms with van der Waals surface area (Å²) >= 11 is 5.00. The fourth-order valence-corrected chi connectivity index (χ4v) is 2.21. The van der Waals surface area contributed by atoms with Crippen LogP contribution in [0.3, 0.4) is 0 Å². The molecule has 0 aliphatic carbocycles. The molecule has 0 aliphatic heterocycles. The minimum Gasteiger partial charge on any atom is -0.298 e. The van der Waals surface area contributed by atoms with Crippen LogP contribution < -0.4 is 0 Å². The number of carbonyl (C=O) groups is 1. The van der Waals surface area contributed by atoms with Crippen molar-refractivity contribution >= 4 is 39.6 Å². The lowest BCUT2D eigenvalue weighted by Gasteiger charge is -1.89. The maximum atomic E-state index is 10.5. The van der Waals surface area contributed by atoms with Crippen LogP contribution in [-0.4, -0.2) is 6.29 Å². The molecule has 1 rings (SSSR count). The zero-order valence-electron chi connectivity index (χ0n) is 6.71. The quantitative estimate of drug-likeness (QED) is 0.588. The smallest absolute Gasteiger partial charge is 0.146 e. The second kappa shape index (κ2) is 4.58. The second-order valence-electron chi connectivity index (χ2n) is 2.33. The molecule has 1 aromatic rings. The van der Waals surface area contributed by atoms with E-state index in [0.29, 0.717) is 0 Å². The number of allylic oxidation sites excluding steroid dienone is 1. The summed E-state index contributed by atoms with van der Waals surface area (Å²) in [5.41, 5.74) is 0.837. The summed E-state index contributed by atoms with van der Waals surface area (Å²) in [6.07, 6.45) is 3.62. The highest BCUT2D eigenvalue weighted by Gasteiger charge is 1.95. The molecule has 1 heterocycles. The fraction of sp³-hybridized carbons (Fsp3) is 0.222. The van der Waals surface area contributed by atoms with Gasteiger partial charge in [0.1, 0.15) is 6.29 Å². The van der Waals surface area contributed by atoms with E-state index in [-0.39, 0.29) is 0 Å². The van der Waals surface area contributed by atoms with Gasteiger partial charge < -0.3 is 0 Å². The average molecular weight is 245 g/mol. The van der Waals surface area contributed by atoms with E-state index < -0.39 is 0 Å². The third-order valence-corrected chi connectivity index (χ3v) is 3.05. The molecule has 0 radical (unpaired) electrons. The third kappa shape index (κ3) is 2.57. The first-order chi connectivity index (χ1) is 5.76. The first-order valence-corrected chi connectivity index (χ1v) is 5.28. The summed E-state index contributed by atoms with van der Waals surface area (Å²) < 4.78 is 1.09. The van der Waals surface area contributed by atoms with Crippen molar-refractivity contribution in [3.05, 3.63) is 26.4 Å². The topological polar surface area (TPSA) is 17.1 Å². The van der Waals surface area contributed by atoms with E-state index in [4.69, 9.17) is 0 Å². The maximum Gasteiger partial charge on any atom is 0.146 e. The number of thiophene rings is 1. The Labute approximate surface area is 84.2 Å². The number of hydrogen-bond acceptors (Lipinski definition) is 2. The van der Waals surface area contributed by atoms with E-state index in [9.17, 15) is 4.79 Å². The number of carbonyl (C=O) groups excluding carboxylic acids is 1. The van der Waals surface area contributed by atoms with Crippen molar-refractivity contribution in [2.75, 3.05) is 0 Å². The molecule has 0 aromatic carbocycles. The molecule has 0 spiro atoms. The Bertz CT molecular complexity index is 301. The van der Waals surface area contributed by atoms with Crippen molar-refractivity contribution in [1.82, 2.24) is 0 Å². The zero-order chi connectivity index (χ0) is 8.97. The van der Waals surface area contributed by atoms with Crippen molar-refractivity contribution < 1.29 is 4.79 Å². The van der Waals surface area contributed by atoms with Crippen LogP contribution in [0.15, 0.2) is 21.5 Å². The molecular weight excluding hydrogens is 236 g/mol. The molecule has 0 aliphatic rings. The molecule has 1 aromatic heterocycles. The van der Waals surface area contributed by atoms with Gasteiger partial charge in [0.2, 0.25) is 0 Å². The first-order valence-electron chi connectivity index (χ1n) is 3.67. The molecule has 12 heavy (non-hydrogen) atoms. The molecule has 64 valence electrons. The SMILES string of the molecule is CCC(C=O)=Cc1ccc(Br)s1. The van der Waals surface area contributed by atoms with Crippen LogP contribution in [0.4, 0.5) is 0 Å². The number of halogens is 1. The number of hydrogen-bond donors (Lipinski definition) is 0. The normalized spacial score (nSPS) is 11.7. The monoisotopic (exact) mass is 244 g/mol. The summed E-state index contributed by atoms with van der Waals surface area (Å²) in [5, 5.41) is 0. The van der Waals surface area contributed by atoms with Gasteiger partial charge in [0.25, 0.3) is 0 Å². The van der Waals surface area contributed by atoms with E-state index in [1.807, 2.05) is 25.1 Å². The van der Waals surface area contributed by atoms with Crippen LogP contribution in [-0.2, 0) is 4.79 Å². The van der Waals surface area contributed by atoms with Crippen LogP contribution in [0.2, 0.25) is 0 Å². The van der Waals surface area contributed by atoms with E-state index in [0.717, 1.165) is 26.9 Å². The van der Waals surface area contributed by atoms with Gasteiger partial charge in [-0.2, -0.15) is 0 Å². The first kappa shape index (κ1) is 9.68. The van der Waals surface area contributed by atoms with Crippen molar-refractivity contribution in [2.24, 2.45) is 0 Å². The van der Waals surface area contributed by atoms with Gasteiger partial charge in [-0.15, -0.1) is 11.3 Å². The predicted molar refractivity (Wildman–Crippen MR) is 56.4 cm³/mol. The fourth-order valence-electron chi connectivity index (χ4n) is 0.808.